The van der Waals surface area contributed by atoms with Gasteiger partial charge in [-0.1, -0.05) is 18.2 Å². The Morgan fingerprint density at radius 2 is 1.83 bits per heavy atom. The summed E-state index contributed by atoms with van der Waals surface area (Å²) in [5.74, 6) is -0.830. The molecule has 2 fully saturated rings. The number of hydrogen-bond acceptors (Lipinski definition) is 4. The normalized spacial score (nSPS) is 23.2. The molecule has 0 saturated carbocycles. The van der Waals surface area contributed by atoms with Crippen LogP contribution in [0.1, 0.15) is 28.8 Å². The van der Waals surface area contributed by atoms with Crippen molar-refractivity contribution in [3.8, 4) is 0 Å². The fourth-order valence-corrected chi connectivity index (χ4v) is 3.96. The Kier molecular flexibility index (Phi) is 4.71. The molecule has 2 aliphatic heterocycles. The molecule has 2 aliphatic rings. The van der Waals surface area contributed by atoms with Gasteiger partial charge in [0.1, 0.15) is 0 Å². The number of likely N-dealkylation sites (N-methyl/N-ethyl adjacent to an activating group) is 1. The number of carboxylic acids is 1. The van der Waals surface area contributed by atoms with E-state index in [1.165, 1.54) is 12.8 Å². The summed E-state index contributed by atoms with van der Waals surface area (Å²) in [6.07, 6.45) is 2.38. The van der Waals surface area contributed by atoms with Crippen LogP contribution < -0.4 is 0 Å². The molecule has 0 amide bonds. The largest absolute Gasteiger partial charge is 0.478 e. The van der Waals surface area contributed by atoms with Gasteiger partial charge in [-0.05, 0) is 51.7 Å². The quantitative estimate of drug-likeness (QED) is 0.917. The Hall–Kier alpha value is -1.43. The van der Waals surface area contributed by atoms with Crippen molar-refractivity contribution in [3.63, 3.8) is 0 Å². The topological polar surface area (TPSA) is 47.0 Å². The molecule has 126 valence electrons. The Labute approximate surface area is 138 Å². The van der Waals surface area contributed by atoms with Crippen molar-refractivity contribution in [2.45, 2.75) is 24.9 Å². The molecule has 1 aromatic carbocycles. The lowest BCUT2D eigenvalue weighted by atomic mass is 9.83. The first-order chi connectivity index (χ1) is 11.0. The van der Waals surface area contributed by atoms with Crippen LogP contribution in [0.2, 0.25) is 0 Å². The first-order valence-corrected chi connectivity index (χ1v) is 8.43. The van der Waals surface area contributed by atoms with Crippen molar-refractivity contribution in [3.05, 3.63) is 35.4 Å². The Morgan fingerprint density at radius 1 is 1.13 bits per heavy atom. The van der Waals surface area contributed by atoms with Crippen LogP contribution in [0.15, 0.2) is 24.3 Å². The molecule has 1 N–H and O–H groups in total. The minimum Gasteiger partial charge on any atom is -0.478 e. The maximum Gasteiger partial charge on any atom is 0.336 e. The van der Waals surface area contributed by atoms with Crippen molar-refractivity contribution in [2.24, 2.45) is 0 Å². The van der Waals surface area contributed by atoms with Gasteiger partial charge in [0, 0.05) is 31.7 Å². The molecule has 1 spiro atoms. The minimum absolute atomic E-state index is 0.253. The summed E-state index contributed by atoms with van der Waals surface area (Å²) in [4.78, 5) is 18.8. The summed E-state index contributed by atoms with van der Waals surface area (Å²) < 4.78 is 0. The molecule has 23 heavy (non-hydrogen) atoms. The molecule has 0 atom stereocenters. The summed E-state index contributed by atoms with van der Waals surface area (Å²) in [5.41, 5.74) is 1.61. The summed E-state index contributed by atoms with van der Waals surface area (Å²) in [6, 6.07) is 7.39. The molecule has 2 saturated heterocycles. The van der Waals surface area contributed by atoms with E-state index in [4.69, 9.17) is 0 Å². The van der Waals surface area contributed by atoms with E-state index in [9.17, 15) is 9.90 Å². The van der Waals surface area contributed by atoms with E-state index in [2.05, 4.69) is 28.8 Å². The zero-order valence-electron chi connectivity index (χ0n) is 14.2. The third-order valence-electron chi connectivity index (χ3n) is 5.64. The van der Waals surface area contributed by atoms with Gasteiger partial charge in [-0.15, -0.1) is 0 Å². The number of piperidine rings is 1. The predicted octanol–water partition coefficient (Wildman–Crippen LogP) is 1.60. The molecular formula is C18H27N3O2. The third-order valence-corrected chi connectivity index (χ3v) is 5.64. The molecular weight excluding hydrogens is 290 g/mol. The lowest BCUT2D eigenvalue weighted by Gasteiger charge is -2.53. The van der Waals surface area contributed by atoms with Gasteiger partial charge < -0.3 is 10.0 Å². The molecule has 0 unspecified atom stereocenters. The molecule has 5 heteroatoms. The third kappa shape index (κ3) is 3.42. The van der Waals surface area contributed by atoms with E-state index >= 15 is 0 Å². The van der Waals surface area contributed by atoms with Crippen LogP contribution in [0.3, 0.4) is 0 Å². The van der Waals surface area contributed by atoms with Gasteiger partial charge in [0.05, 0.1) is 5.56 Å². The Bertz CT molecular complexity index is 567. The molecule has 3 rings (SSSR count). The van der Waals surface area contributed by atoms with Gasteiger partial charge >= 0.3 is 5.97 Å². The molecule has 5 nitrogen and oxygen atoms in total. The number of hydrogen-bond donors (Lipinski definition) is 1. The molecule has 0 bridgehead atoms. The Morgan fingerprint density at radius 3 is 2.52 bits per heavy atom. The van der Waals surface area contributed by atoms with Crippen molar-refractivity contribution < 1.29 is 9.90 Å². The van der Waals surface area contributed by atoms with Crippen molar-refractivity contribution in [2.75, 3.05) is 46.8 Å². The number of rotatable bonds is 3. The number of carbonyl (C=O) groups is 1. The molecule has 0 aliphatic carbocycles. The monoisotopic (exact) mass is 317 g/mol. The highest BCUT2D eigenvalue weighted by Crippen LogP contribution is 2.32. The number of benzene rings is 1. The standard InChI is InChI=1S/C18H27N3O2/c1-19-9-7-18(8-10-19)14-21(12-11-20(18)2)13-15-5-3-4-6-16(15)17(22)23/h3-6H,7-14H2,1-2H3,(H,22,23). The van der Waals surface area contributed by atoms with Crippen LogP contribution >= 0.6 is 0 Å². The maximum atomic E-state index is 11.4. The summed E-state index contributed by atoms with van der Waals surface area (Å²) >= 11 is 0. The number of nitrogens with zero attached hydrogens (tertiary/aromatic N) is 3. The van der Waals surface area contributed by atoms with Crippen molar-refractivity contribution >= 4 is 5.97 Å². The Balaban J connectivity index is 1.74. The highest BCUT2D eigenvalue weighted by atomic mass is 16.4. The second-order valence-corrected chi connectivity index (χ2v) is 7.12. The number of aromatic carboxylic acids is 1. The van der Waals surface area contributed by atoms with Crippen LogP contribution in [0.25, 0.3) is 0 Å². The summed E-state index contributed by atoms with van der Waals surface area (Å²) in [7, 11) is 4.43. The molecule has 1 aromatic rings. The van der Waals surface area contributed by atoms with Gasteiger partial charge in [-0.2, -0.15) is 0 Å². The molecule has 2 heterocycles. The van der Waals surface area contributed by atoms with E-state index < -0.39 is 5.97 Å². The smallest absolute Gasteiger partial charge is 0.336 e. The second kappa shape index (κ2) is 6.59. The lowest BCUT2D eigenvalue weighted by molar-refractivity contribution is -0.0258. The van der Waals surface area contributed by atoms with Crippen LogP contribution in [0.5, 0.6) is 0 Å². The SMILES string of the molecule is CN1CCC2(CC1)CN(Cc1ccccc1C(=O)O)CCN2C. The van der Waals surface area contributed by atoms with Crippen LogP contribution in [0.4, 0.5) is 0 Å². The average Bonchev–Trinajstić information content (AvgIpc) is 2.54. The van der Waals surface area contributed by atoms with Gasteiger partial charge in [0.15, 0.2) is 0 Å². The fourth-order valence-electron chi connectivity index (χ4n) is 3.96. The summed E-state index contributed by atoms with van der Waals surface area (Å²) in [6.45, 7) is 6.11. The number of carboxylic acid groups (broad SMARTS) is 1. The molecule has 0 aromatic heterocycles. The fraction of sp³-hybridized carbons (Fsp3) is 0.611. The van der Waals surface area contributed by atoms with E-state index in [1.54, 1.807) is 12.1 Å². The first kappa shape index (κ1) is 16.4. The van der Waals surface area contributed by atoms with Crippen molar-refractivity contribution in [1.29, 1.82) is 0 Å². The first-order valence-electron chi connectivity index (χ1n) is 8.43. The predicted molar refractivity (Wildman–Crippen MR) is 90.8 cm³/mol. The minimum atomic E-state index is -0.830. The van der Waals surface area contributed by atoms with Crippen LogP contribution in [0, 0.1) is 0 Å². The van der Waals surface area contributed by atoms with Crippen LogP contribution in [-0.2, 0) is 6.54 Å². The summed E-state index contributed by atoms with van der Waals surface area (Å²) in [5, 5.41) is 9.38. The van der Waals surface area contributed by atoms with E-state index in [0.29, 0.717) is 5.56 Å². The van der Waals surface area contributed by atoms with Gasteiger partial charge in [-0.25, -0.2) is 4.79 Å². The lowest BCUT2D eigenvalue weighted by Crippen LogP contribution is -2.63. The van der Waals surface area contributed by atoms with Crippen LogP contribution in [-0.4, -0.2) is 78.1 Å². The molecule has 0 radical (unpaired) electrons. The van der Waals surface area contributed by atoms with Gasteiger partial charge in [-0.3, -0.25) is 9.80 Å². The average molecular weight is 317 g/mol. The zero-order valence-corrected chi connectivity index (χ0v) is 14.2. The zero-order chi connectivity index (χ0) is 16.4. The van der Waals surface area contributed by atoms with Crippen molar-refractivity contribution in [1.82, 2.24) is 14.7 Å². The van der Waals surface area contributed by atoms with E-state index in [0.717, 1.165) is 44.8 Å². The van der Waals surface area contributed by atoms with E-state index in [-0.39, 0.29) is 5.54 Å². The van der Waals surface area contributed by atoms with Gasteiger partial charge in [0.2, 0.25) is 0 Å². The number of piperazine rings is 1. The second-order valence-electron chi connectivity index (χ2n) is 7.12. The number of likely N-dealkylation sites (tertiary alicyclic amines) is 1. The van der Waals surface area contributed by atoms with E-state index in [1.807, 2.05) is 12.1 Å². The maximum absolute atomic E-state index is 11.4. The van der Waals surface area contributed by atoms with Gasteiger partial charge in [0.25, 0.3) is 0 Å². The highest BCUT2D eigenvalue weighted by molar-refractivity contribution is 5.89. The highest BCUT2D eigenvalue weighted by Gasteiger charge is 2.41.